The molecule has 0 fully saturated rings. The van der Waals surface area contributed by atoms with Gasteiger partial charge in [0.05, 0.1) is 12.9 Å². The molecule has 1 amide bonds. The number of nitrogens with zero attached hydrogens (tertiary/aromatic N) is 3. The summed E-state index contributed by atoms with van der Waals surface area (Å²) in [4.78, 5) is 25.4. The molecule has 12 heteroatoms. The first-order chi connectivity index (χ1) is 18.2. The number of carbonyl (C=O) groups excluding carboxylic acids is 2. The Hall–Kier alpha value is -3.05. The second kappa shape index (κ2) is 12.2. The topological polar surface area (TPSA) is 95.3 Å². The smallest absolute Gasteiger partial charge is 0.341 e. The lowest BCUT2D eigenvalue weighted by atomic mass is 10.0. The number of nitrogens with one attached hydrogen (secondary N) is 1. The Morgan fingerprint density at radius 1 is 1.16 bits per heavy atom. The van der Waals surface area contributed by atoms with Crippen LogP contribution in [0.1, 0.15) is 34.8 Å². The molecule has 1 atom stereocenters. The average Bonchev–Trinajstić information content (AvgIpc) is 3.48. The van der Waals surface area contributed by atoms with Crippen molar-refractivity contribution in [3.8, 4) is 16.9 Å². The van der Waals surface area contributed by atoms with Crippen LogP contribution in [-0.4, -0.2) is 39.5 Å². The van der Waals surface area contributed by atoms with Crippen molar-refractivity contribution in [2.75, 3.05) is 18.2 Å². The molecule has 0 aliphatic rings. The molecule has 2 aromatic heterocycles. The van der Waals surface area contributed by atoms with Gasteiger partial charge < -0.3 is 19.4 Å². The fourth-order valence-corrected chi connectivity index (χ4v) is 5.58. The van der Waals surface area contributed by atoms with Crippen LogP contribution in [0.5, 0.6) is 5.75 Å². The van der Waals surface area contributed by atoms with Gasteiger partial charge in [0, 0.05) is 28.0 Å². The van der Waals surface area contributed by atoms with E-state index in [-0.39, 0.29) is 17.8 Å². The molecule has 0 saturated heterocycles. The number of thioether (sulfide) groups is 1. The van der Waals surface area contributed by atoms with Gasteiger partial charge in [-0.2, -0.15) is 0 Å². The third kappa shape index (κ3) is 6.32. The molecule has 1 unspecified atom stereocenters. The van der Waals surface area contributed by atoms with Crippen molar-refractivity contribution < 1.29 is 19.1 Å². The van der Waals surface area contributed by atoms with Gasteiger partial charge in [0.2, 0.25) is 5.91 Å². The molecule has 1 N–H and O–H groups in total. The zero-order valence-electron chi connectivity index (χ0n) is 21.0. The Morgan fingerprint density at radius 2 is 1.89 bits per heavy atom. The molecule has 0 bridgehead atoms. The summed E-state index contributed by atoms with van der Waals surface area (Å²) in [6.45, 7) is 3.78. The summed E-state index contributed by atoms with van der Waals surface area (Å²) < 4.78 is 12.8. The molecule has 2 aromatic carbocycles. The minimum atomic E-state index is -0.540. The highest BCUT2D eigenvalue weighted by molar-refractivity contribution is 7.99. The number of esters is 1. The number of amides is 1. The fraction of sp³-hybridized carbons (Fsp3) is 0.231. The van der Waals surface area contributed by atoms with Crippen LogP contribution in [0.2, 0.25) is 10.0 Å². The van der Waals surface area contributed by atoms with E-state index in [0.29, 0.717) is 42.9 Å². The molecule has 4 aromatic rings. The standard InChI is InChI=1S/C26H24Cl2N4O4S2/c1-14-11-18(9-10-20(14)28)36-15(2)23-30-31-26(32(23)3)38-13-21(33)29-24-22(25(34)35-4)19(12-37-24)16-5-7-17(27)8-6-16/h5-12,15H,13H2,1-4H3,(H,29,33). The van der Waals surface area contributed by atoms with Gasteiger partial charge in [0.1, 0.15) is 16.3 Å². The molecule has 2 heterocycles. The molecular formula is C26H24Cl2N4O4S2. The van der Waals surface area contributed by atoms with Gasteiger partial charge in [-0.05, 0) is 55.3 Å². The van der Waals surface area contributed by atoms with Gasteiger partial charge in [0.25, 0.3) is 0 Å². The normalized spacial score (nSPS) is 11.7. The van der Waals surface area contributed by atoms with Crippen molar-refractivity contribution in [3.63, 3.8) is 0 Å². The zero-order valence-corrected chi connectivity index (χ0v) is 24.1. The molecule has 0 saturated carbocycles. The third-order valence-corrected chi connectivity index (χ3v) is 8.19. The first-order valence-corrected chi connectivity index (χ1v) is 14.0. The summed E-state index contributed by atoms with van der Waals surface area (Å²) in [6, 6.07) is 12.5. The van der Waals surface area contributed by atoms with Crippen LogP contribution in [0.15, 0.2) is 53.0 Å². The Morgan fingerprint density at radius 3 is 2.58 bits per heavy atom. The summed E-state index contributed by atoms with van der Waals surface area (Å²) in [5.74, 6) is 0.509. The number of aromatic nitrogens is 3. The van der Waals surface area contributed by atoms with Crippen LogP contribution in [0, 0.1) is 6.92 Å². The maximum atomic E-state index is 12.8. The SMILES string of the molecule is COC(=O)c1c(-c2ccc(Cl)cc2)csc1NC(=O)CSc1nnc(C(C)Oc2ccc(Cl)c(C)c2)n1C. The van der Waals surface area contributed by atoms with Crippen LogP contribution in [0.4, 0.5) is 5.00 Å². The second-order valence-electron chi connectivity index (χ2n) is 8.26. The Balaban J connectivity index is 1.42. The minimum absolute atomic E-state index is 0.0619. The van der Waals surface area contributed by atoms with Crippen molar-refractivity contribution in [3.05, 3.63) is 74.8 Å². The van der Waals surface area contributed by atoms with Gasteiger partial charge in [-0.15, -0.1) is 21.5 Å². The van der Waals surface area contributed by atoms with Crippen LogP contribution in [0.3, 0.4) is 0 Å². The van der Waals surface area contributed by atoms with Crippen LogP contribution >= 0.6 is 46.3 Å². The lowest BCUT2D eigenvalue weighted by molar-refractivity contribution is -0.113. The van der Waals surface area contributed by atoms with Crippen LogP contribution in [-0.2, 0) is 16.6 Å². The van der Waals surface area contributed by atoms with E-state index >= 15 is 0 Å². The van der Waals surface area contributed by atoms with Gasteiger partial charge in [-0.3, -0.25) is 4.79 Å². The Labute approximate surface area is 238 Å². The number of hydrogen-bond acceptors (Lipinski definition) is 8. The molecule has 38 heavy (non-hydrogen) atoms. The van der Waals surface area contributed by atoms with E-state index in [0.717, 1.165) is 11.1 Å². The number of ether oxygens (including phenoxy) is 2. The number of benzene rings is 2. The number of methoxy groups -OCH3 is 1. The van der Waals surface area contributed by atoms with Crippen LogP contribution in [0.25, 0.3) is 11.1 Å². The van der Waals surface area contributed by atoms with E-state index in [9.17, 15) is 9.59 Å². The van der Waals surface area contributed by atoms with E-state index in [1.54, 1.807) is 34.2 Å². The zero-order chi connectivity index (χ0) is 27.4. The first kappa shape index (κ1) is 28.0. The fourth-order valence-electron chi connectivity index (χ4n) is 3.64. The van der Waals surface area contributed by atoms with E-state index in [1.807, 2.05) is 39.1 Å². The third-order valence-electron chi connectivity index (χ3n) is 5.60. The second-order valence-corrected chi connectivity index (χ2v) is 10.9. The minimum Gasteiger partial charge on any atom is -0.483 e. The number of carbonyl (C=O) groups is 2. The van der Waals surface area contributed by atoms with E-state index in [4.69, 9.17) is 32.7 Å². The predicted molar refractivity (Wildman–Crippen MR) is 152 cm³/mol. The van der Waals surface area contributed by atoms with Crippen molar-refractivity contribution >= 4 is 63.2 Å². The van der Waals surface area contributed by atoms with Gasteiger partial charge in [0.15, 0.2) is 17.1 Å². The van der Waals surface area contributed by atoms with Crippen molar-refractivity contribution in [1.82, 2.24) is 14.8 Å². The summed E-state index contributed by atoms with van der Waals surface area (Å²) in [6.07, 6.45) is -0.378. The number of anilines is 1. The molecule has 0 spiro atoms. The van der Waals surface area contributed by atoms with Crippen LogP contribution < -0.4 is 10.1 Å². The summed E-state index contributed by atoms with van der Waals surface area (Å²) >= 11 is 14.6. The van der Waals surface area contributed by atoms with Gasteiger partial charge >= 0.3 is 5.97 Å². The number of hydrogen-bond donors (Lipinski definition) is 1. The maximum absolute atomic E-state index is 12.8. The summed E-state index contributed by atoms with van der Waals surface area (Å²) in [5, 5.41) is 15.3. The monoisotopic (exact) mass is 590 g/mol. The highest BCUT2D eigenvalue weighted by atomic mass is 35.5. The molecule has 0 aliphatic heterocycles. The molecule has 0 radical (unpaired) electrons. The van der Waals surface area contributed by atoms with Gasteiger partial charge in [-0.25, -0.2) is 4.79 Å². The van der Waals surface area contributed by atoms with Gasteiger partial charge in [-0.1, -0.05) is 47.1 Å². The highest BCUT2D eigenvalue weighted by Gasteiger charge is 2.23. The number of rotatable bonds is 9. The Kier molecular flexibility index (Phi) is 8.99. The molecule has 0 aliphatic carbocycles. The highest BCUT2D eigenvalue weighted by Crippen LogP contribution is 2.37. The average molecular weight is 592 g/mol. The van der Waals surface area contributed by atoms with Crippen molar-refractivity contribution in [2.45, 2.75) is 25.1 Å². The van der Waals surface area contributed by atoms with Crippen molar-refractivity contribution in [2.24, 2.45) is 7.05 Å². The predicted octanol–water partition coefficient (Wildman–Crippen LogP) is 6.82. The quantitative estimate of drug-likeness (QED) is 0.169. The maximum Gasteiger partial charge on any atom is 0.341 e. The molecule has 198 valence electrons. The Bertz CT molecular complexity index is 1470. The largest absolute Gasteiger partial charge is 0.483 e. The lowest BCUT2D eigenvalue weighted by Gasteiger charge is -2.15. The van der Waals surface area contributed by atoms with E-state index < -0.39 is 5.97 Å². The number of thiophene rings is 1. The first-order valence-electron chi connectivity index (χ1n) is 11.4. The summed E-state index contributed by atoms with van der Waals surface area (Å²) in [5.41, 5.74) is 2.66. The molecular weight excluding hydrogens is 567 g/mol. The molecule has 4 rings (SSSR count). The lowest BCUT2D eigenvalue weighted by Crippen LogP contribution is -2.16. The van der Waals surface area contributed by atoms with E-state index in [1.165, 1.54) is 30.2 Å². The number of aryl methyl sites for hydroxylation is 1. The van der Waals surface area contributed by atoms with Crippen molar-refractivity contribution in [1.29, 1.82) is 0 Å². The number of halogens is 2. The van der Waals surface area contributed by atoms with E-state index in [2.05, 4.69) is 15.5 Å². The summed E-state index contributed by atoms with van der Waals surface area (Å²) in [7, 11) is 3.12. The molecule has 8 nitrogen and oxygen atoms in total.